The third-order valence-corrected chi connectivity index (χ3v) is 3.53. The Bertz CT molecular complexity index is 805. The fraction of sp³-hybridized carbons (Fsp3) is 0.125. The van der Waals surface area contributed by atoms with Gasteiger partial charge in [-0.15, -0.1) is 0 Å². The van der Waals surface area contributed by atoms with Gasteiger partial charge in [0.25, 0.3) is 0 Å². The van der Waals surface area contributed by atoms with Crippen molar-refractivity contribution in [1.82, 2.24) is 0 Å². The molecule has 0 saturated heterocycles. The molecule has 21 heavy (non-hydrogen) atoms. The average molecular weight is 291 g/mol. The van der Waals surface area contributed by atoms with E-state index < -0.39 is 23.5 Å². The lowest BCUT2D eigenvalue weighted by molar-refractivity contribution is 0.484. The molecule has 0 aliphatic rings. The Morgan fingerprint density at radius 1 is 1.05 bits per heavy atom. The van der Waals surface area contributed by atoms with Crippen LogP contribution in [0, 0.1) is 24.4 Å². The summed E-state index contributed by atoms with van der Waals surface area (Å²) in [7, 11) is 0. The molecule has 1 heterocycles. The van der Waals surface area contributed by atoms with E-state index in [1.807, 2.05) is 0 Å². The standard InChI is InChI=1S/C16H12F3NO/c1-8-10-6-5-9(17)7-13(10)21-16(8)15(20)14-11(18)3-2-4-12(14)19/h2-7,15H,20H2,1H3. The van der Waals surface area contributed by atoms with Crippen molar-refractivity contribution in [1.29, 1.82) is 0 Å². The van der Waals surface area contributed by atoms with Crippen LogP contribution in [-0.2, 0) is 0 Å². The van der Waals surface area contributed by atoms with Crippen molar-refractivity contribution in [3.63, 3.8) is 0 Å². The second kappa shape index (κ2) is 4.93. The SMILES string of the molecule is Cc1c(C(N)c2c(F)cccc2F)oc2cc(F)ccc12. The number of hydrogen-bond donors (Lipinski definition) is 1. The molecule has 0 spiro atoms. The summed E-state index contributed by atoms with van der Waals surface area (Å²) >= 11 is 0. The summed E-state index contributed by atoms with van der Waals surface area (Å²) in [5.74, 6) is -1.71. The van der Waals surface area contributed by atoms with Crippen molar-refractivity contribution < 1.29 is 17.6 Å². The molecule has 0 amide bonds. The predicted octanol–water partition coefficient (Wildman–Crippen LogP) is 4.21. The maximum Gasteiger partial charge on any atom is 0.137 e. The van der Waals surface area contributed by atoms with E-state index in [2.05, 4.69) is 0 Å². The van der Waals surface area contributed by atoms with Crippen LogP contribution in [0.25, 0.3) is 11.0 Å². The van der Waals surface area contributed by atoms with E-state index in [1.165, 1.54) is 18.2 Å². The number of furan rings is 1. The van der Waals surface area contributed by atoms with Gasteiger partial charge in [-0.25, -0.2) is 13.2 Å². The van der Waals surface area contributed by atoms with Crippen LogP contribution in [0.4, 0.5) is 13.2 Å². The summed E-state index contributed by atoms with van der Waals surface area (Å²) in [6.45, 7) is 1.72. The molecule has 0 radical (unpaired) electrons. The lowest BCUT2D eigenvalue weighted by Crippen LogP contribution is -2.15. The molecular formula is C16H12F3NO. The number of fused-ring (bicyclic) bond motifs is 1. The zero-order valence-electron chi connectivity index (χ0n) is 11.2. The largest absolute Gasteiger partial charge is 0.459 e. The third-order valence-electron chi connectivity index (χ3n) is 3.53. The highest BCUT2D eigenvalue weighted by Gasteiger charge is 2.24. The van der Waals surface area contributed by atoms with Crippen LogP contribution in [0.1, 0.15) is 22.9 Å². The summed E-state index contributed by atoms with van der Waals surface area (Å²) in [5.41, 5.74) is 6.63. The fourth-order valence-corrected chi connectivity index (χ4v) is 2.45. The van der Waals surface area contributed by atoms with Crippen LogP contribution in [0.2, 0.25) is 0 Å². The van der Waals surface area contributed by atoms with Crippen molar-refractivity contribution >= 4 is 11.0 Å². The zero-order valence-corrected chi connectivity index (χ0v) is 11.2. The van der Waals surface area contributed by atoms with Crippen LogP contribution in [0.5, 0.6) is 0 Å². The van der Waals surface area contributed by atoms with Gasteiger partial charge >= 0.3 is 0 Å². The molecule has 1 aromatic heterocycles. The van der Waals surface area contributed by atoms with E-state index in [1.54, 1.807) is 13.0 Å². The summed E-state index contributed by atoms with van der Waals surface area (Å²) < 4.78 is 46.4. The Kier molecular flexibility index (Phi) is 3.22. The molecule has 0 aliphatic heterocycles. The number of nitrogens with two attached hydrogens (primary N) is 1. The highest BCUT2D eigenvalue weighted by atomic mass is 19.1. The normalized spacial score (nSPS) is 12.8. The molecule has 1 unspecified atom stereocenters. The molecule has 5 heteroatoms. The van der Waals surface area contributed by atoms with Crippen molar-refractivity contribution in [2.45, 2.75) is 13.0 Å². The first-order chi connectivity index (χ1) is 9.99. The molecular weight excluding hydrogens is 279 g/mol. The Hall–Kier alpha value is -2.27. The van der Waals surface area contributed by atoms with Crippen molar-refractivity contribution in [3.05, 3.63) is 70.7 Å². The van der Waals surface area contributed by atoms with E-state index in [-0.39, 0.29) is 11.3 Å². The van der Waals surface area contributed by atoms with Gasteiger partial charge in [-0.1, -0.05) is 6.07 Å². The molecule has 0 bridgehead atoms. The minimum Gasteiger partial charge on any atom is -0.459 e. The summed E-state index contributed by atoms with van der Waals surface area (Å²) in [6, 6.07) is 6.51. The van der Waals surface area contributed by atoms with Crippen molar-refractivity contribution in [2.24, 2.45) is 5.73 Å². The highest BCUT2D eigenvalue weighted by molar-refractivity contribution is 5.82. The van der Waals surface area contributed by atoms with Gasteiger partial charge in [-0.05, 0) is 31.2 Å². The monoisotopic (exact) mass is 291 g/mol. The molecule has 2 N–H and O–H groups in total. The Morgan fingerprint density at radius 3 is 2.38 bits per heavy atom. The number of aryl methyl sites for hydroxylation is 1. The molecule has 2 aromatic carbocycles. The van der Waals surface area contributed by atoms with Crippen LogP contribution in [-0.4, -0.2) is 0 Å². The quantitative estimate of drug-likeness (QED) is 0.768. The van der Waals surface area contributed by atoms with Gasteiger partial charge in [0.05, 0.1) is 6.04 Å². The molecule has 1 atom stereocenters. The van der Waals surface area contributed by atoms with Crippen LogP contribution < -0.4 is 5.73 Å². The molecule has 0 aliphatic carbocycles. The topological polar surface area (TPSA) is 39.2 Å². The van der Waals surface area contributed by atoms with Gasteiger partial charge in [-0.2, -0.15) is 0 Å². The maximum atomic E-state index is 13.8. The number of hydrogen-bond acceptors (Lipinski definition) is 2. The first-order valence-corrected chi connectivity index (χ1v) is 6.37. The average Bonchev–Trinajstić information content (AvgIpc) is 2.75. The van der Waals surface area contributed by atoms with Gasteiger partial charge in [0.15, 0.2) is 0 Å². The highest BCUT2D eigenvalue weighted by Crippen LogP contribution is 2.33. The van der Waals surface area contributed by atoms with Gasteiger partial charge in [0, 0.05) is 22.6 Å². The molecule has 3 aromatic rings. The van der Waals surface area contributed by atoms with E-state index in [0.717, 1.165) is 12.1 Å². The Labute approximate surface area is 119 Å². The lowest BCUT2D eigenvalue weighted by Gasteiger charge is -2.12. The first-order valence-electron chi connectivity index (χ1n) is 6.37. The van der Waals surface area contributed by atoms with E-state index >= 15 is 0 Å². The molecule has 2 nitrogen and oxygen atoms in total. The Balaban J connectivity index is 2.18. The first kappa shape index (κ1) is 13.7. The molecule has 108 valence electrons. The number of halogens is 3. The smallest absolute Gasteiger partial charge is 0.137 e. The fourth-order valence-electron chi connectivity index (χ4n) is 2.45. The van der Waals surface area contributed by atoms with Crippen molar-refractivity contribution in [3.8, 4) is 0 Å². The minimum absolute atomic E-state index is 0.222. The molecule has 3 rings (SSSR count). The summed E-state index contributed by atoms with van der Waals surface area (Å²) in [6.07, 6.45) is 0. The number of rotatable bonds is 2. The van der Waals surface area contributed by atoms with Gasteiger partial charge in [-0.3, -0.25) is 0 Å². The molecule has 0 saturated carbocycles. The summed E-state index contributed by atoms with van der Waals surface area (Å²) in [5, 5.41) is 0.665. The third kappa shape index (κ3) is 2.19. The number of benzene rings is 2. The zero-order chi connectivity index (χ0) is 15.1. The summed E-state index contributed by atoms with van der Waals surface area (Å²) in [4.78, 5) is 0. The lowest BCUT2D eigenvalue weighted by atomic mass is 10.0. The molecule has 0 fully saturated rings. The Morgan fingerprint density at radius 2 is 1.71 bits per heavy atom. The maximum absolute atomic E-state index is 13.8. The van der Waals surface area contributed by atoms with E-state index in [4.69, 9.17) is 10.2 Å². The van der Waals surface area contributed by atoms with Crippen molar-refractivity contribution in [2.75, 3.05) is 0 Å². The van der Waals surface area contributed by atoms with Crippen LogP contribution in [0.15, 0.2) is 40.8 Å². The van der Waals surface area contributed by atoms with Crippen LogP contribution >= 0.6 is 0 Å². The van der Waals surface area contributed by atoms with Gasteiger partial charge in [0.1, 0.15) is 28.8 Å². The van der Waals surface area contributed by atoms with Gasteiger partial charge < -0.3 is 10.2 Å². The van der Waals surface area contributed by atoms with Gasteiger partial charge in [0.2, 0.25) is 0 Å². The predicted molar refractivity (Wildman–Crippen MR) is 73.3 cm³/mol. The minimum atomic E-state index is -1.10. The second-order valence-corrected chi connectivity index (χ2v) is 4.84. The van der Waals surface area contributed by atoms with E-state index in [9.17, 15) is 13.2 Å². The van der Waals surface area contributed by atoms with Crippen LogP contribution in [0.3, 0.4) is 0 Å². The van der Waals surface area contributed by atoms with E-state index in [0.29, 0.717) is 16.5 Å². The second-order valence-electron chi connectivity index (χ2n) is 4.84.